The van der Waals surface area contributed by atoms with Gasteiger partial charge in [-0.05, 0) is 24.1 Å². The van der Waals surface area contributed by atoms with Crippen molar-refractivity contribution in [1.82, 2.24) is 0 Å². The number of aromatic hydroxyl groups is 2. The third-order valence-electron chi connectivity index (χ3n) is 2.54. The molecule has 0 fully saturated rings. The van der Waals surface area contributed by atoms with Crippen molar-refractivity contribution in [2.45, 2.75) is 24.7 Å². The van der Waals surface area contributed by atoms with Gasteiger partial charge in [0.05, 0.1) is 0 Å². The first-order chi connectivity index (χ1) is 9.54. The van der Waals surface area contributed by atoms with E-state index >= 15 is 0 Å². The first-order valence-corrected chi connectivity index (χ1v) is 7.42. The molecule has 2 aromatic rings. The molecule has 0 spiro atoms. The average molecular weight is 294 g/mol. The van der Waals surface area contributed by atoms with E-state index in [0.717, 1.165) is 12.1 Å². The van der Waals surface area contributed by atoms with Crippen LogP contribution in [-0.2, 0) is 17.1 Å². The summed E-state index contributed by atoms with van der Waals surface area (Å²) in [5, 5.41) is 17.7. The van der Waals surface area contributed by atoms with Gasteiger partial charge in [0.25, 0.3) is 0 Å². The molecule has 2 N–H and O–H groups in total. The van der Waals surface area contributed by atoms with E-state index < -0.39 is 16.5 Å². The topological polar surface area (TPSA) is 74.6 Å². The van der Waals surface area contributed by atoms with Gasteiger partial charge < -0.3 is 10.2 Å². The van der Waals surface area contributed by atoms with E-state index in [1.807, 2.05) is 0 Å². The van der Waals surface area contributed by atoms with Gasteiger partial charge in [0, 0.05) is 6.07 Å². The third-order valence-corrected chi connectivity index (χ3v) is 3.31. The van der Waals surface area contributed by atoms with Crippen molar-refractivity contribution in [2.24, 2.45) is 0 Å². The molecule has 2 aromatic carbocycles. The number of benzene rings is 2. The molecule has 0 aliphatic rings. The molecule has 0 aliphatic carbocycles. The molecule has 0 amide bonds. The van der Waals surface area contributed by atoms with Gasteiger partial charge >= 0.3 is 0 Å². The lowest BCUT2D eigenvalue weighted by atomic mass is 10.1. The lowest BCUT2D eigenvalue weighted by Gasteiger charge is -1.95. The van der Waals surface area contributed by atoms with Crippen LogP contribution in [0.5, 0.6) is 11.5 Å². The standard InChI is InChI=1S/C9H12.C6H6O4S/c1-2-6-9-7-4-3-5-8-9;7-4-1-2-6(11(9)10)5(8)3-4/h3-5,7-8H,2,6H2,1H3;1-3,7-8,11H. The van der Waals surface area contributed by atoms with Crippen LogP contribution in [0, 0.1) is 0 Å². The Morgan fingerprint density at radius 3 is 2.15 bits per heavy atom. The number of aryl methyl sites for hydroxylation is 1. The van der Waals surface area contributed by atoms with Crippen molar-refractivity contribution < 1.29 is 18.6 Å². The van der Waals surface area contributed by atoms with Crippen molar-refractivity contribution >= 4 is 10.7 Å². The van der Waals surface area contributed by atoms with Gasteiger partial charge in [0.2, 0.25) is 0 Å². The first-order valence-electron chi connectivity index (χ1n) is 6.25. The van der Waals surface area contributed by atoms with Gasteiger partial charge in [0.1, 0.15) is 16.4 Å². The van der Waals surface area contributed by atoms with Crippen molar-refractivity contribution in [1.29, 1.82) is 0 Å². The number of hydrogen-bond acceptors (Lipinski definition) is 4. The minimum Gasteiger partial charge on any atom is -0.508 e. The molecule has 0 saturated carbocycles. The average Bonchev–Trinajstić information content (AvgIpc) is 2.40. The van der Waals surface area contributed by atoms with Gasteiger partial charge in [-0.3, -0.25) is 0 Å². The van der Waals surface area contributed by atoms with Crippen LogP contribution in [0.15, 0.2) is 53.4 Å². The number of phenols is 2. The Morgan fingerprint density at radius 2 is 1.65 bits per heavy atom. The molecule has 0 bridgehead atoms. The van der Waals surface area contributed by atoms with Crippen LogP contribution < -0.4 is 0 Å². The van der Waals surface area contributed by atoms with Crippen LogP contribution in [0.4, 0.5) is 0 Å². The molecule has 2 rings (SSSR count). The maximum Gasteiger partial charge on any atom is 0.171 e. The number of phenolic OH excluding ortho intramolecular Hbond substituents is 2. The summed E-state index contributed by atoms with van der Waals surface area (Å²) in [6, 6.07) is 13.9. The Balaban J connectivity index is 0.000000204. The molecule has 0 aromatic heterocycles. The summed E-state index contributed by atoms with van der Waals surface area (Å²) in [5.74, 6) is -0.593. The first kappa shape index (κ1) is 16.0. The molecule has 0 saturated heterocycles. The lowest BCUT2D eigenvalue weighted by molar-refractivity contribution is 0.440. The van der Waals surface area contributed by atoms with E-state index in [9.17, 15) is 8.42 Å². The Bertz CT molecular complexity index is 599. The van der Waals surface area contributed by atoms with Crippen LogP contribution in [0.25, 0.3) is 0 Å². The zero-order valence-corrected chi connectivity index (χ0v) is 12.1. The Labute approximate surface area is 120 Å². The summed E-state index contributed by atoms with van der Waals surface area (Å²) in [4.78, 5) is -0.183. The molecule has 0 radical (unpaired) electrons. The van der Waals surface area contributed by atoms with E-state index in [4.69, 9.17) is 10.2 Å². The molecule has 20 heavy (non-hydrogen) atoms. The second kappa shape index (κ2) is 8.22. The van der Waals surface area contributed by atoms with Crippen LogP contribution >= 0.6 is 0 Å². The number of hydrogen-bond donors (Lipinski definition) is 3. The summed E-state index contributed by atoms with van der Waals surface area (Å²) >= 11 is 0. The highest BCUT2D eigenvalue weighted by atomic mass is 32.2. The normalized spacial score (nSPS) is 9.90. The van der Waals surface area contributed by atoms with E-state index in [-0.39, 0.29) is 10.6 Å². The highest BCUT2D eigenvalue weighted by molar-refractivity contribution is 7.72. The van der Waals surface area contributed by atoms with Crippen molar-refractivity contribution in [3.05, 3.63) is 54.1 Å². The van der Waals surface area contributed by atoms with Gasteiger partial charge in [-0.15, -0.1) is 0 Å². The van der Waals surface area contributed by atoms with E-state index in [1.54, 1.807) is 0 Å². The maximum atomic E-state index is 10.3. The molecule has 4 nitrogen and oxygen atoms in total. The highest BCUT2D eigenvalue weighted by Crippen LogP contribution is 2.22. The number of rotatable bonds is 3. The summed E-state index contributed by atoms with van der Waals surface area (Å²) < 4.78 is 20.7. The molecule has 0 aliphatic heterocycles. The second-order valence-corrected chi connectivity index (χ2v) is 5.16. The van der Waals surface area contributed by atoms with E-state index in [2.05, 4.69) is 37.3 Å². The summed E-state index contributed by atoms with van der Waals surface area (Å²) in [5.41, 5.74) is 1.44. The zero-order chi connectivity index (χ0) is 15.0. The van der Waals surface area contributed by atoms with Gasteiger partial charge in [-0.1, -0.05) is 43.7 Å². The van der Waals surface area contributed by atoms with Gasteiger partial charge in [0.15, 0.2) is 10.7 Å². The molecule has 0 unspecified atom stereocenters. The second-order valence-electron chi connectivity index (χ2n) is 4.17. The molecule has 0 heterocycles. The van der Waals surface area contributed by atoms with Crippen molar-refractivity contribution in [2.75, 3.05) is 0 Å². The lowest BCUT2D eigenvalue weighted by Crippen LogP contribution is -1.80. The summed E-state index contributed by atoms with van der Waals surface area (Å²) in [7, 11) is -2.79. The Hall–Kier alpha value is -2.01. The monoisotopic (exact) mass is 294 g/mol. The van der Waals surface area contributed by atoms with Crippen LogP contribution in [0.3, 0.4) is 0 Å². The summed E-state index contributed by atoms with van der Waals surface area (Å²) in [6.07, 6.45) is 2.45. The molecule has 108 valence electrons. The number of thiol groups is 1. The van der Waals surface area contributed by atoms with Gasteiger partial charge in [-0.25, -0.2) is 8.42 Å². The smallest absolute Gasteiger partial charge is 0.171 e. The SMILES string of the molecule is CCCc1ccccc1.O=[SH](=O)c1ccc(O)cc1O. The highest BCUT2D eigenvalue weighted by Gasteiger charge is 2.02. The minimum absolute atomic E-state index is 0.164. The zero-order valence-electron chi connectivity index (χ0n) is 11.2. The Kier molecular flexibility index (Phi) is 6.59. The fourth-order valence-corrected chi connectivity index (χ4v) is 2.05. The molecule has 0 atom stereocenters. The molecular formula is C15H18O4S. The minimum atomic E-state index is -2.79. The largest absolute Gasteiger partial charge is 0.508 e. The third kappa shape index (κ3) is 5.32. The fourth-order valence-electron chi connectivity index (χ4n) is 1.60. The van der Waals surface area contributed by atoms with Crippen LogP contribution in [0.2, 0.25) is 0 Å². The predicted molar refractivity (Wildman–Crippen MR) is 78.8 cm³/mol. The van der Waals surface area contributed by atoms with Crippen molar-refractivity contribution in [3.63, 3.8) is 0 Å². The molecule has 5 heteroatoms. The van der Waals surface area contributed by atoms with E-state index in [1.165, 1.54) is 24.5 Å². The maximum absolute atomic E-state index is 10.3. The van der Waals surface area contributed by atoms with E-state index in [0.29, 0.717) is 0 Å². The predicted octanol–water partition coefficient (Wildman–Crippen LogP) is 2.71. The van der Waals surface area contributed by atoms with Crippen LogP contribution in [0.1, 0.15) is 18.9 Å². The summed E-state index contributed by atoms with van der Waals surface area (Å²) in [6.45, 7) is 2.20. The van der Waals surface area contributed by atoms with Crippen molar-refractivity contribution in [3.8, 4) is 11.5 Å². The quantitative estimate of drug-likeness (QED) is 0.761. The fraction of sp³-hybridized carbons (Fsp3) is 0.200. The van der Waals surface area contributed by atoms with Crippen LogP contribution in [-0.4, -0.2) is 18.6 Å². The van der Waals surface area contributed by atoms with Gasteiger partial charge in [-0.2, -0.15) is 0 Å². The molecular weight excluding hydrogens is 276 g/mol. The Morgan fingerprint density at radius 1 is 1.00 bits per heavy atom.